The SMILES string of the molecule is CNC(=O)Cc1nc(CN2C[C@@H](N)[C@H](c3ccccc3)C2)cs1.Cl.Cl. The lowest BCUT2D eigenvalue weighted by atomic mass is 9.95. The molecule has 1 saturated heterocycles. The molecular formula is C17H24Cl2N4OS. The molecule has 2 heterocycles. The molecule has 3 N–H and O–H groups in total. The molecule has 2 atom stereocenters. The molecule has 1 aliphatic heterocycles. The molecule has 0 saturated carbocycles. The second kappa shape index (κ2) is 10.1. The second-order valence-electron chi connectivity index (χ2n) is 5.96. The number of thiazole rings is 1. The standard InChI is InChI=1S/C17H22N4OS.2ClH/c1-19-16(22)7-17-20-13(11-23-17)8-21-9-14(15(18)10-21)12-5-3-2-4-6-12;;/h2-6,11,14-15H,7-10,18H2,1H3,(H,19,22);2*1H/t14-,15+;;/m0../s1. The summed E-state index contributed by atoms with van der Waals surface area (Å²) in [6, 6.07) is 10.6. The molecule has 5 nitrogen and oxygen atoms in total. The number of nitrogens with one attached hydrogen (secondary N) is 1. The van der Waals surface area contributed by atoms with E-state index in [2.05, 4.69) is 39.5 Å². The van der Waals surface area contributed by atoms with Crippen LogP contribution >= 0.6 is 36.2 Å². The molecule has 0 bridgehead atoms. The first-order valence-corrected chi connectivity index (χ1v) is 8.70. The second-order valence-corrected chi connectivity index (χ2v) is 6.90. The van der Waals surface area contributed by atoms with Crippen molar-refractivity contribution in [2.24, 2.45) is 5.73 Å². The van der Waals surface area contributed by atoms with Gasteiger partial charge in [-0.25, -0.2) is 4.98 Å². The zero-order chi connectivity index (χ0) is 16.2. The summed E-state index contributed by atoms with van der Waals surface area (Å²) >= 11 is 1.54. The van der Waals surface area contributed by atoms with E-state index in [0.29, 0.717) is 12.3 Å². The van der Waals surface area contributed by atoms with E-state index in [9.17, 15) is 4.79 Å². The average Bonchev–Trinajstić information content (AvgIpc) is 3.15. The van der Waals surface area contributed by atoms with Crippen molar-refractivity contribution < 1.29 is 4.79 Å². The van der Waals surface area contributed by atoms with Crippen molar-refractivity contribution >= 4 is 42.1 Å². The third kappa shape index (κ3) is 5.66. The van der Waals surface area contributed by atoms with E-state index in [1.807, 2.05) is 11.4 Å². The fourth-order valence-electron chi connectivity index (χ4n) is 3.05. The van der Waals surface area contributed by atoms with Crippen LogP contribution in [0.2, 0.25) is 0 Å². The highest BCUT2D eigenvalue weighted by Gasteiger charge is 2.31. The highest BCUT2D eigenvalue weighted by Crippen LogP contribution is 2.27. The van der Waals surface area contributed by atoms with Gasteiger partial charge in [-0.2, -0.15) is 0 Å². The number of carbonyl (C=O) groups excluding carboxylic acids is 1. The minimum Gasteiger partial charge on any atom is -0.359 e. The number of benzene rings is 1. The first-order chi connectivity index (χ1) is 11.2. The minimum absolute atomic E-state index is 0. The summed E-state index contributed by atoms with van der Waals surface area (Å²) in [5, 5.41) is 5.53. The number of carbonyl (C=O) groups is 1. The lowest BCUT2D eigenvalue weighted by Gasteiger charge is -2.15. The van der Waals surface area contributed by atoms with Crippen LogP contribution in [0.5, 0.6) is 0 Å². The van der Waals surface area contributed by atoms with Crippen LogP contribution in [0.15, 0.2) is 35.7 Å². The first kappa shape index (κ1) is 21.9. The minimum atomic E-state index is -0.00163. The van der Waals surface area contributed by atoms with Gasteiger partial charge in [0, 0.05) is 44.0 Å². The number of hydrogen-bond acceptors (Lipinski definition) is 5. The summed E-state index contributed by atoms with van der Waals surface area (Å²) in [7, 11) is 1.65. The predicted molar refractivity (Wildman–Crippen MR) is 107 cm³/mol. The molecule has 138 valence electrons. The third-order valence-corrected chi connectivity index (χ3v) is 5.14. The Kier molecular flexibility index (Phi) is 8.82. The number of nitrogens with zero attached hydrogens (tertiary/aromatic N) is 2. The normalized spacial score (nSPS) is 19.8. The van der Waals surface area contributed by atoms with Crippen LogP contribution in [-0.2, 0) is 17.8 Å². The predicted octanol–water partition coefficient (Wildman–Crippen LogP) is 2.20. The average molecular weight is 403 g/mol. The number of nitrogens with two attached hydrogens (primary N) is 1. The molecule has 25 heavy (non-hydrogen) atoms. The number of likely N-dealkylation sites (N-methyl/N-ethyl adjacent to an activating group) is 1. The van der Waals surface area contributed by atoms with Crippen molar-refractivity contribution in [2.45, 2.75) is 24.9 Å². The van der Waals surface area contributed by atoms with Gasteiger partial charge in [-0.3, -0.25) is 9.69 Å². The van der Waals surface area contributed by atoms with Gasteiger partial charge in [0.15, 0.2) is 0 Å². The fraction of sp³-hybridized carbons (Fsp3) is 0.412. The summed E-state index contributed by atoms with van der Waals surface area (Å²) in [6.07, 6.45) is 0.354. The zero-order valence-electron chi connectivity index (χ0n) is 14.1. The van der Waals surface area contributed by atoms with Crippen molar-refractivity contribution in [1.29, 1.82) is 0 Å². The summed E-state index contributed by atoms with van der Waals surface area (Å²) in [4.78, 5) is 18.3. The van der Waals surface area contributed by atoms with E-state index >= 15 is 0 Å². The molecule has 2 aromatic rings. The molecule has 0 spiro atoms. The maximum Gasteiger partial charge on any atom is 0.226 e. The summed E-state index contributed by atoms with van der Waals surface area (Å²) in [6.45, 7) is 2.62. The van der Waals surface area contributed by atoms with Crippen LogP contribution in [0.25, 0.3) is 0 Å². The van der Waals surface area contributed by atoms with Crippen LogP contribution in [0.3, 0.4) is 0 Å². The van der Waals surface area contributed by atoms with E-state index in [0.717, 1.165) is 30.3 Å². The van der Waals surface area contributed by atoms with Crippen molar-refractivity contribution in [2.75, 3.05) is 20.1 Å². The van der Waals surface area contributed by atoms with Crippen molar-refractivity contribution in [3.05, 3.63) is 52.0 Å². The molecule has 3 rings (SSSR count). The molecular weight excluding hydrogens is 379 g/mol. The molecule has 0 unspecified atom stereocenters. The molecule has 8 heteroatoms. The summed E-state index contributed by atoms with van der Waals surface area (Å²) < 4.78 is 0. The Balaban J connectivity index is 0.00000156. The monoisotopic (exact) mass is 402 g/mol. The molecule has 0 aliphatic carbocycles. The van der Waals surface area contributed by atoms with Gasteiger partial charge in [0.05, 0.1) is 12.1 Å². The third-order valence-electron chi connectivity index (χ3n) is 4.24. The Hall–Kier alpha value is -1.18. The van der Waals surface area contributed by atoms with E-state index < -0.39 is 0 Å². The Labute approximate surface area is 164 Å². The number of rotatable bonds is 5. The van der Waals surface area contributed by atoms with Gasteiger partial charge in [-0.15, -0.1) is 36.2 Å². The largest absolute Gasteiger partial charge is 0.359 e. The van der Waals surface area contributed by atoms with Gasteiger partial charge < -0.3 is 11.1 Å². The Bertz CT molecular complexity index is 668. The van der Waals surface area contributed by atoms with Gasteiger partial charge >= 0.3 is 0 Å². The smallest absolute Gasteiger partial charge is 0.226 e. The maximum atomic E-state index is 11.4. The van der Waals surface area contributed by atoms with Crippen LogP contribution in [0.4, 0.5) is 0 Å². The summed E-state index contributed by atoms with van der Waals surface area (Å²) in [5.74, 6) is 0.374. The molecule has 1 aliphatic rings. The van der Waals surface area contributed by atoms with Crippen LogP contribution in [-0.4, -0.2) is 42.0 Å². The van der Waals surface area contributed by atoms with Crippen LogP contribution < -0.4 is 11.1 Å². The molecule has 1 amide bonds. The fourth-order valence-corrected chi connectivity index (χ4v) is 3.84. The molecule has 1 fully saturated rings. The summed E-state index contributed by atoms with van der Waals surface area (Å²) in [5.41, 5.74) is 8.66. The Morgan fingerprint density at radius 2 is 2.04 bits per heavy atom. The van der Waals surface area contributed by atoms with E-state index in [4.69, 9.17) is 5.73 Å². The van der Waals surface area contributed by atoms with Gasteiger partial charge in [-0.1, -0.05) is 30.3 Å². The van der Waals surface area contributed by atoms with Gasteiger partial charge in [0.2, 0.25) is 5.91 Å². The van der Waals surface area contributed by atoms with E-state index in [1.165, 1.54) is 5.56 Å². The first-order valence-electron chi connectivity index (χ1n) is 7.82. The number of aromatic nitrogens is 1. The maximum absolute atomic E-state index is 11.4. The quantitative estimate of drug-likeness (QED) is 0.803. The van der Waals surface area contributed by atoms with Crippen LogP contribution in [0.1, 0.15) is 22.2 Å². The number of likely N-dealkylation sites (tertiary alicyclic amines) is 1. The van der Waals surface area contributed by atoms with E-state index in [-0.39, 0.29) is 36.8 Å². The Morgan fingerprint density at radius 3 is 2.72 bits per heavy atom. The number of hydrogen-bond donors (Lipinski definition) is 2. The highest BCUT2D eigenvalue weighted by molar-refractivity contribution is 7.09. The lowest BCUT2D eigenvalue weighted by Crippen LogP contribution is -2.28. The zero-order valence-corrected chi connectivity index (χ0v) is 16.5. The van der Waals surface area contributed by atoms with Gasteiger partial charge in [-0.05, 0) is 5.56 Å². The van der Waals surface area contributed by atoms with Crippen molar-refractivity contribution in [1.82, 2.24) is 15.2 Å². The van der Waals surface area contributed by atoms with Gasteiger partial charge in [0.1, 0.15) is 5.01 Å². The topological polar surface area (TPSA) is 71.2 Å². The Morgan fingerprint density at radius 1 is 1.32 bits per heavy atom. The van der Waals surface area contributed by atoms with Crippen molar-refractivity contribution in [3.63, 3.8) is 0 Å². The van der Waals surface area contributed by atoms with E-state index in [1.54, 1.807) is 18.4 Å². The number of halogens is 2. The molecule has 1 aromatic heterocycles. The van der Waals surface area contributed by atoms with Gasteiger partial charge in [0.25, 0.3) is 0 Å². The molecule has 0 radical (unpaired) electrons. The van der Waals surface area contributed by atoms with Crippen LogP contribution in [0, 0.1) is 0 Å². The van der Waals surface area contributed by atoms with Crippen molar-refractivity contribution in [3.8, 4) is 0 Å². The lowest BCUT2D eigenvalue weighted by molar-refractivity contribution is -0.119. The highest BCUT2D eigenvalue weighted by atomic mass is 35.5. The number of amides is 1. The molecule has 1 aromatic carbocycles.